The normalized spacial score (nSPS) is 31.8. The molecule has 1 amide bonds. The van der Waals surface area contributed by atoms with E-state index in [1.807, 2.05) is 16.7 Å². The number of ether oxygens (including phenoxy) is 1. The number of fused-ring (bicyclic) bond motifs is 1. The first-order chi connectivity index (χ1) is 9.19. The van der Waals surface area contributed by atoms with Crippen LogP contribution in [-0.4, -0.2) is 83.4 Å². The number of hydrogen-bond acceptors (Lipinski definition) is 5. The molecule has 0 aromatic carbocycles. The first kappa shape index (κ1) is 13.7. The zero-order chi connectivity index (χ0) is 13.3. The number of thioether (sulfide) groups is 1. The molecular formula is C13H22N2O3S. The molecule has 3 aliphatic heterocycles. The Hall–Kier alpha value is -0.300. The van der Waals surface area contributed by atoms with E-state index in [0.29, 0.717) is 32.0 Å². The summed E-state index contributed by atoms with van der Waals surface area (Å²) in [6.45, 7) is 4.82. The summed E-state index contributed by atoms with van der Waals surface area (Å²) in [5, 5.41) is 10.5. The molecule has 3 fully saturated rings. The zero-order valence-electron chi connectivity index (χ0n) is 11.2. The Kier molecular flexibility index (Phi) is 4.03. The highest BCUT2D eigenvalue weighted by atomic mass is 32.2. The summed E-state index contributed by atoms with van der Waals surface area (Å²) in [5.41, 5.74) is -1.11. The number of nitrogens with zero attached hydrogens (tertiary/aromatic N) is 2. The second kappa shape index (κ2) is 5.60. The monoisotopic (exact) mass is 286 g/mol. The van der Waals surface area contributed by atoms with Crippen molar-refractivity contribution in [2.45, 2.75) is 24.5 Å². The molecule has 3 saturated heterocycles. The van der Waals surface area contributed by atoms with Gasteiger partial charge in [0, 0.05) is 26.2 Å². The Labute approximate surface area is 118 Å². The molecule has 19 heavy (non-hydrogen) atoms. The van der Waals surface area contributed by atoms with Crippen molar-refractivity contribution in [3.8, 4) is 0 Å². The molecule has 0 aromatic rings. The Balaban J connectivity index is 1.64. The fourth-order valence-electron chi connectivity index (χ4n) is 3.15. The Morgan fingerprint density at radius 2 is 2.05 bits per heavy atom. The second-order valence-corrected chi connectivity index (χ2v) is 6.88. The van der Waals surface area contributed by atoms with Crippen LogP contribution < -0.4 is 0 Å². The van der Waals surface area contributed by atoms with E-state index < -0.39 is 5.60 Å². The molecule has 5 nitrogen and oxygen atoms in total. The van der Waals surface area contributed by atoms with E-state index in [4.69, 9.17) is 4.74 Å². The standard InChI is InChI=1S/C13H22N2O3S/c16-12(13(17)1-7-19-8-2-13)15-4-3-14-5-6-18-10-11(14)9-15/h11,17H,1-10H2. The lowest BCUT2D eigenvalue weighted by atomic mass is 9.94. The number of hydrogen-bond donors (Lipinski definition) is 1. The maximum absolute atomic E-state index is 12.6. The molecule has 3 heterocycles. The third-order valence-corrected chi connectivity index (χ3v) is 5.43. The summed E-state index contributed by atoms with van der Waals surface area (Å²) in [6.07, 6.45) is 1.19. The average molecular weight is 286 g/mol. The van der Waals surface area contributed by atoms with Crippen LogP contribution in [0.4, 0.5) is 0 Å². The van der Waals surface area contributed by atoms with Crippen molar-refractivity contribution < 1.29 is 14.6 Å². The van der Waals surface area contributed by atoms with Crippen molar-refractivity contribution in [1.82, 2.24) is 9.80 Å². The maximum Gasteiger partial charge on any atom is 0.254 e. The highest BCUT2D eigenvalue weighted by molar-refractivity contribution is 7.99. The Morgan fingerprint density at radius 1 is 1.26 bits per heavy atom. The van der Waals surface area contributed by atoms with Gasteiger partial charge in [-0.3, -0.25) is 9.69 Å². The van der Waals surface area contributed by atoms with Crippen molar-refractivity contribution >= 4 is 17.7 Å². The van der Waals surface area contributed by atoms with Crippen LogP contribution in [0, 0.1) is 0 Å². The average Bonchev–Trinajstić information content (AvgIpc) is 2.47. The molecule has 1 atom stereocenters. The van der Waals surface area contributed by atoms with Gasteiger partial charge >= 0.3 is 0 Å². The van der Waals surface area contributed by atoms with Gasteiger partial charge in [-0.2, -0.15) is 11.8 Å². The molecule has 0 bridgehead atoms. The largest absolute Gasteiger partial charge is 0.380 e. The van der Waals surface area contributed by atoms with Gasteiger partial charge in [0.05, 0.1) is 19.3 Å². The molecule has 3 rings (SSSR count). The molecule has 6 heteroatoms. The topological polar surface area (TPSA) is 53.0 Å². The van der Waals surface area contributed by atoms with Crippen LogP contribution in [0.2, 0.25) is 0 Å². The summed E-state index contributed by atoms with van der Waals surface area (Å²) >= 11 is 1.82. The van der Waals surface area contributed by atoms with E-state index in [0.717, 1.165) is 37.7 Å². The van der Waals surface area contributed by atoms with Gasteiger partial charge in [0.1, 0.15) is 5.60 Å². The summed E-state index contributed by atoms with van der Waals surface area (Å²) in [5.74, 6) is 1.71. The van der Waals surface area contributed by atoms with Crippen molar-refractivity contribution in [2.75, 3.05) is 50.9 Å². The quantitative estimate of drug-likeness (QED) is 0.723. The first-order valence-electron chi connectivity index (χ1n) is 7.10. The van der Waals surface area contributed by atoms with Crippen molar-refractivity contribution in [3.05, 3.63) is 0 Å². The van der Waals surface area contributed by atoms with Gasteiger partial charge in [0.2, 0.25) is 0 Å². The second-order valence-electron chi connectivity index (χ2n) is 5.66. The van der Waals surface area contributed by atoms with Crippen LogP contribution in [0.5, 0.6) is 0 Å². The summed E-state index contributed by atoms with van der Waals surface area (Å²) < 4.78 is 5.49. The summed E-state index contributed by atoms with van der Waals surface area (Å²) in [7, 11) is 0. The molecule has 3 aliphatic rings. The van der Waals surface area contributed by atoms with Crippen molar-refractivity contribution in [1.29, 1.82) is 0 Å². The van der Waals surface area contributed by atoms with E-state index in [-0.39, 0.29) is 5.91 Å². The predicted octanol–water partition coefficient (Wildman–Crippen LogP) is -0.212. The van der Waals surface area contributed by atoms with Crippen LogP contribution in [0.15, 0.2) is 0 Å². The number of carbonyl (C=O) groups excluding carboxylic acids is 1. The number of carbonyl (C=O) groups is 1. The van der Waals surface area contributed by atoms with Gasteiger partial charge in [0.25, 0.3) is 5.91 Å². The van der Waals surface area contributed by atoms with Gasteiger partial charge in [-0.1, -0.05) is 0 Å². The summed E-state index contributed by atoms with van der Waals surface area (Å²) in [6, 6.07) is 0.313. The molecule has 1 unspecified atom stereocenters. The fraction of sp³-hybridized carbons (Fsp3) is 0.923. The number of piperazine rings is 1. The number of aliphatic hydroxyl groups is 1. The van der Waals surface area contributed by atoms with Crippen LogP contribution >= 0.6 is 11.8 Å². The lowest BCUT2D eigenvalue weighted by Crippen LogP contribution is -2.62. The molecule has 0 aromatic heterocycles. The third kappa shape index (κ3) is 2.77. The molecule has 0 radical (unpaired) electrons. The number of rotatable bonds is 1. The zero-order valence-corrected chi connectivity index (χ0v) is 12.0. The minimum atomic E-state index is -1.11. The van der Waals surface area contributed by atoms with Gasteiger partial charge in [0.15, 0.2) is 0 Å². The molecule has 1 N–H and O–H groups in total. The van der Waals surface area contributed by atoms with Crippen LogP contribution in [0.3, 0.4) is 0 Å². The molecule has 108 valence electrons. The Bertz CT molecular complexity index is 347. The van der Waals surface area contributed by atoms with E-state index in [9.17, 15) is 9.90 Å². The van der Waals surface area contributed by atoms with Gasteiger partial charge < -0.3 is 14.7 Å². The third-order valence-electron chi connectivity index (χ3n) is 4.44. The van der Waals surface area contributed by atoms with E-state index >= 15 is 0 Å². The lowest BCUT2D eigenvalue weighted by molar-refractivity contribution is -0.157. The highest BCUT2D eigenvalue weighted by Crippen LogP contribution is 2.29. The molecular weight excluding hydrogens is 264 g/mol. The molecule has 0 aliphatic carbocycles. The molecule has 0 spiro atoms. The van der Waals surface area contributed by atoms with E-state index in [1.165, 1.54) is 0 Å². The number of morpholine rings is 1. The van der Waals surface area contributed by atoms with Crippen molar-refractivity contribution in [2.24, 2.45) is 0 Å². The van der Waals surface area contributed by atoms with Crippen LogP contribution in [-0.2, 0) is 9.53 Å². The van der Waals surface area contributed by atoms with Crippen molar-refractivity contribution in [3.63, 3.8) is 0 Å². The highest BCUT2D eigenvalue weighted by Gasteiger charge is 2.42. The van der Waals surface area contributed by atoms with Gasteiger partial charge in [-0.15, -0.1) is 0 Å². The lowest BCUT2D eigenvalue weighted by Gasteiger charge is -2.46. The van der Waals surface area contributed by atoms with Crippen LogP contribution in [0.1, 0.15) is 12.8 Å². The minimum absolute atomic E-state index is 0.0574. The Morgan fingerprint density at radius 3 is 2.84 bits per heavy atom. The number of amides is 1. The molecule has 0 saturated carbocycles. The van der Waals surface area contributed by atoms with E-state index in [1.54, 1.807) is 0 Å². The van der Waals surface area contributed by atoms with E-state index in [2.05, 4.69) is 4.90 Å². The van der Waals surface area contributed by atoms with Crippen LogP contribution in [0.25, 0.3) is 0 Å². The van der Waals surface area contributed by atoms with Gasteiger partial charge in [-0.25, -0.2) is 0 Å². The maximum atomic E-state index is 12.6. The fourth-order valence-corrected chi connectivity index (χ4v) is 4.32. The van der Waals surface area contributed by atoms with Gasteiger partial charge in [-0.05, 0) is 24.3 Å². The predicted molar refractivity (Wildman–Crippen MR) is 74.3 cm³/mol. The minimum Gasteiger partial charge on any atom is -0.380 e. The summed E-state index contributed by atoms with van der Waals surface area (Å²) in [4.78, 5) is 16.8. The first-order valence-corrected chi connectivity index (χ1v) is 8.26. The smallest absolute Gasteiger partial charge is 0.254 e. The SMILES string of the molecule is O=C(N1CCN2CCOCC2C1)C1(O)CCSCC1.